The predicted molar refractivity (Wildman–Crippen MR) is 24.8 cm³/mol. The molecule has 0 heterocycles. The van der Waals surface area contributed by atoms with E-state index in [-0.39, 0.29) is 0 Å². The lowest BCUT2D eigenvalue weighted by atomic mass is 10.3. The number of primary amides is 1. The number of hydrogen-bond acceptors (Lipinski definition) is 2. The van der Waals surface area contributed by atoms with E-state index in [2.05, 4.69) is 5.73 Å². The predicted octanol–water partition coefficient (Wildman–Crippen LogP) is -0.600. The third kappa shape index (κ3) is 3.27. The smallest absolute Gasteiger partial charge is 0.224 e. The van der Waals surface area contributed by atoms with E-state index in [1.807, 2.05) is 0 Å². The fraction of sp³-hybridized carbons (Fsp3) is 0.500. The lowest BCUT2D eigenvalue weighted by molar-refractivity contribution is -0.126. The van der Waals surface area contributed by atoms with Crippen LogP contribution in [0, 0.1) is 0 Å². The largest absolute Gasteiger partial charge is 0.369 e. The van der Waals surface area contributed by atoms with Crippen molar-refractivity contribution in [3.63, 3.8) is 0 Å². The highest BCUT2D eigenvalue weighted by Gasteiger charge is 2.02. The number of alkyl halides is 1. The maximum Gasteiger partial charge on any atom is 0.224 e. The molecular weight excluding hydrogens is 113 g/mol. The highest BCUT2D eigenvalue weighted by molar-refractivity contribution is 5.97. The molecule has 0 rings (SSSR count). The van der Waals surface area contributed by atoms with Crippen LogP contribution in [0.1, 0.15) is 6.42 Å². The van der Waals surface area contributed by atoms with Crippen LogP contribution in [-0.4, -0.2) is 18.4 Å². The second-order valence-electron chi connectivity index (χ2n) is 1.32. The third-order valence-electron chi connectivity index (χ3n) is 0.520. The van der Waals surface area contributed by atoms with Crippen LogP contribution in [-0.2, 0) is 9.59 Å². The van der Waals surface area contributed by atoms with E-state index in [1.165, 1.54) is 0 Å². The number of rotatable bonds is 3. The Balaban J connectivity index is 3.40. The number of carbonyl (C=O) groups is 2. The zero-order valence-electron chi connectivity index (χ0n) is 4.19. The second kappa shape index (κ2) is 3.12. The molecule has 0 aromatic rings. The second-order valence-corrected chi connectivity index (χ2v) is 1.32. The Morgan fingerprint density at radius 2 is 2.00 bits per heavy atom. The van der Waals surface area contributed by atoms with Crippen molar-refractivity contribution in [2.24, 2.45) is 5.73 Å². The molecule has 0 bridgehead atoms. The summed E-state index contributed by atoms with van der Waals surface area (Å²) in [5.41, 5.74) is 4.54. The average Bonchev–Trinajstić information content (AvgIpc) is 1.65. The summed E-state index contributed by atoms with van der Waals surface area (Å²) in [6.45, 7) is -1.11. The van der Waals surface area contributed by atoms with Crippen LogP contribution in [0.25, 0.3) is 0 Å². The van der Waals surface area contributed by atoms with Crippen LogP contribution < -0.4 is 5.73 Å². The SMILES string of the molecule is NC(=O)CC(=O)CF. The summed E-state index contributed by atoms with van der Waals surface area (Å²) in [5.74, 6) is -1.55. The van der Waals surface area contributed by atoms with Gasteiger partial charge in [0.25, 0.3) is 0 Å². The van der Waals surface area contributed by atoms with E-state index in [4.69, 9.17) is 0 Å². The number of nitrogens with two attached hydrogens (primary N) is 1. The molecule has 0 saturated heterocycles. The van der Waals surface area contributed by atoms with Gasteiger partial charge in [0, 0.05) is 0 Å². The molecule has 3 nitrogen and oxygen atoms in total. The summed E-state index contributed by atoms with van der Waals surface area (Å²) in [6, 6.07) is 0. The van der Waals surface area contributed by atoms with Gasteiger partial charge < -0.3 is 5.73 Å². The Bertz CT molecular complexity index is 113. The van der Waals surface area contributed by atoms with Crippen molar-refractivity contribution in [3.05, 3.63) is 0 Å². The number of ketones is 1. The van der Waals surface area contributed by atoms with Gasteiger partial charge >= 0.3 is 0 Å². The Morgan fingerprint density at radius 1 is 1.50 bits per heavy atom. The Kier molecular flexibility index (Phi) is 2.76. The molecule has 0 unspecified atom stereocenters. The molecule has 0 aromatic carbocycles. The Morgan fingerprint density at radius 3 is 2.12 bits per heavy atom. The van der Waals surface area contributed by atoms with Crippen molar-refractivity contribution < 1.29 is 14.0 Å². The highest BCUT2D eigenvalue weighted by atomic mass is 19.1. The molecule has 0 fully saturated rings. The Labute approximate surface area is 45.7 Å². The molecule has 0 aliphatic rings. The molecule has 2 N–H and O–H groups in total. The van der Waals surface area contributed by atoms with Gasteiger partial charge in [0.05, 0.1) is 6.42 Å². The van der Waals surface area contributed by atoms with Crippen LogP contribution in [0.3, 0.4) is 0 Å². The minimum Gasteiger partial charge on any atom is -0.369 e. The number of halogens is 1. The minimum atomic E-state index is -1.11. The average molecular weight is 119 g/mol. The van der Waals surface area contributed by atoms with E-state index in [0.29, 0.717) is 0 Å². The number of carbonyl (C=O) groups excluding carboxylic acids is 2. The quantitative estimate of drug-likeness (QED) is 0.504. The van der Waals surface area contributed by atoms with Crippen molar-refractivity contribution in [2.75, 3.05) is 6.67 Å². The lowest BCUT2D eigenvalue weighted by Crippen LogP contribution is -2.16. The monoisotopic (exact) mass is 119 g/mol. The molecule has 4 heteroatoms. The maximum absolute atomic E-state index is 11.2. The van der Waals surface area contributed by atoms with Crippen LogP contribution >= 0.6 is 0 Å². The van der Waals surface area contributed by atoms with Gasteiger partial charge in [0.2, 0.25) is 5.91 Å². The fourth-order valence-electron chi connectivity index (χ4n) is 0.242. The van der Waals surface area contributed by atoms with Crippen LogP contribution in [0.4, 0.5) is 4.39 Å². The van der Waals surface area contributed by atoms with Gasteiger partial charge in [-0.15, -0.1) is 0 Å². The zero-order valence-corrected chi connectivity index (χ0v) is 4.19. The van der Waals surface area contributed by atoms with Gasteiger partial charge in [-0.1, -0.05) is 0 Å². The van der Waals surface area contributed by atoms with Crippen molar-refractivity contribution in [3.8, 4) is 0 Å². The van der Waals surface area contributed by atoms with Crippen molar-refractivity contribution in [2.45, 2.75) is 6.42 Å². The Hall–Kier alpha value is -0.930. The summed E-state index contributed by atoms with van der Waals surface area (Å²) in [5, 5.41) is 0. The standard InChI is InChI=1S/C4H6FNO2/c5-2-3(7)1-4(6)8/h1-2H2,(H2,6,8). The van der Waals surface area contributed by atoms with E-state index < -0.39 is 24.8 Å². The molecule has 0 aliphatic carbocycles. The first kappa shape index (κ1) is 7.07. The molecular formula is C4H6FNO2. The molecule has 0 atom stereocenters. The first-order valence-corrected chi connectivity index (χ1v) is 2.02. The molecule has 0 radical (unpaired) electrons. The van der Waals surface area contributed by atoms with Gasteiger partial charge in [-0.2, -0.15) is 0 Å². The van der Waals surface area contributed by atoms with Gasteiger partial charge in [-0.3, -0.25) is 9.59 Å². The van der Waals surface area contributed by atoms with E-state index in [9.17, 15) is 14.0 Å². The van der Waals surface area contributed by atoms with Crippen molar-refractivity contribution >= 4 is 11.7 Å². The van der Waals surface area contributed by atoms with Gasteiger partial charge in [0.1, 0.15) is 6.67 Å². The summed E-state index contributed by atoms with van der Waals surface area (Å²) in [6.07, 6.45) is -0.490. The fourth-order valence-corrected chi connectivity index (χ4v) is 0.242. The number of hydrogen-bond donors (Lipinski definition) is 1. The molecule has 0 saturated carbocycles. The lowest BCUT2D eigenvalue weighted by Gasteiger charge is -1.85. The normalized spacial score (nSPS) is 8.62. The van der Waals surface area contributed by atoms with Crippen molar-refractivity contribution in [1.82, 2.24) is 0 Å². The molecule has 0 spiro atoms. The van der Waals surface area contributed by atoms with Gasteiger partial charge in [-0.25, -0.2) is 4.39 Å². The summed E-state index contributed by atoms with van der Waals surface area (Å²) >= 11 is 0. The molecule has 1 amide bonds. The minimum absolute atomic E-state index is 0.490. The van der Waals surface area contributed by atoms with Crippen LogP contribution in [0.5, 0.6) is 0 Å². The van der Waals surface area contributed by atoms with Gasteiger partial charge in [-0.05, 0) is 0 Å². The van der Waals surface area contributed by atoms with Crippen LogP contribution in [0.15, 0.2) is 0 Å². The highest BCUT2D eigenvalue weighted by Crippen LogP contribution is 1.80. The molecule has 0 aliphatic heterocycles. The summed E-state index contributed by atoms with van der Waals surface area (Å²) < 4.78 is 11.2. The number of Topliss-reactive ketones (excluding diaryl/α,β-unsaturated/α-hetero) is 1. The first-order valence-electron chi connectivity index (χ1n) is 2.02. The van der Waals surface area contributed by atoms with E-state index >= 15 is 0 Å². The summed E-state index contributed by atoms with van der Waals surface area (Å²) in [7, 11) is 0. The zero-order chi connectivity index (χ0) is 6.57. The third-order valence-corrected chi connectivity index (χ3v) is 0.520. The van der Waals surface area contributed by atoms with Crippen LogP contribution in [0.2, 0.25) is 0 Å². The first-order chi connectivity index (χ1) is 3.66. The van der Waals surface area contributed by atoms with E-state index in [1.54, 1.807) is 0 Å². The van der Waals surface area contributed by atoms with Gasteiger partial charge in [0.15, 0.2) is 5.78 Å². The number of amides is 1. The molecule has 46 valence electrons. The van der Waals surface area contributed by atoms with E-state index in [0.717, 1.165) is 0 Å². The maximum atomic E-state index is 11.2. The molecule has 0 aromatic heterocycles. The molecule has 8 heavy (non-hydrogen) atoms. The summed E-state index contributed by atoms with van der Waals surface area (Å²) in [4.78, 5) is 19.7. The van der Waals surface area contributed by atoms with Crippen molar-refractivity contribution in [1.29, 1.82) is 0 Å². The topological polar surface area (TPSA) is 60.2 Å².